The largest absolute Gasteiger partial charge is 0.478 e. The smallest absolute Gasteiger partial charge is 0.328 e. The lowest BCUT2D eigenvalue weighted by molar-refractivity contribution is -0.131. The third kappa shape index (κ3) is 8.42. The fourth-order valence-electron chi connectivity index (χ4n) is 1.96. The molecule has 0 saturated carbocycles. The van der Waals surface area contributed by atoms with E-state index in [0.29, 0.717) is 5.57 Å². The number of carboxylic acid groups (broad SMARTS) is 1. The number of carboxylic acids is 1. The number of hydrogen-bond acceptors (Lipinski definition) is 2. The van der Waals surface area contributed by atoms with Crippen LogP contribution >= 0.6 is 0 Å². The summed E-state index contributed by atoms with van der Waals surface area (Å²) in [7, 11) is 0. The molecule has 3 heteroatoms. The molecule has 0 atom stereocenters. The van der Waals surface area contributed by atoms with Crippen LogP contribution in [-0.2, 0) is 4.79 Å². The lowest BCUT2D eigenvalue weighted by atomic mass is 9.89. The molecule has 0 aromatic carbocycles. The Kier molecular flexibility index (Phi) is 8.43. The predicted octanol–water partition coefficient (Wildman–Crippen LogP) is 4.54. The Balaban J connectivity index is 5.11. The third-order valence-corrected chi connectivity index (χ3v) is 3.27. The predicted molar refractivity (Wildman–Crippen MR) is 94.7 cm³/mol. The van der Waals surface area contributed by atoms with Crippen LogP contribution in [0.15, 0.2) is 58.7 Å². The van der Waals surface area contributed by atoms with Gasteiger partial charge in [-0.15, -0.1) is 0 Å². The molecule has 0 rings (SSSR count). The molecule has 0 amide bonds. The van der Waals surface area contributed by atoms with E-state index in [1.54, 1.807) is 13.0 Å². The Labute approximate surface area is 134 Å². The minimum Gasteiger partial charge on any atom is -0.478 e. The second kappa shape index (κ2) is 9.21. The lowest BCUT2D eigenvalue weighted by Gasteiger charge is -2.23. The van der Waals surface area contributed by atoms with Gasteiger partial charge >= 0.3 is 5.97 Å². The van der Waals surface area contributed by atoms with Crippen molar-refractivity contribution in [1.29, 1.82) is 0 Å². The summed E-state index contributed by atoms with van der Waals surface area (Å²) >= 11 is 0. The van der Waals surface area contributed by atoms with Crippen LogP contribution in [0.3, 0.4) is 0 Å². The van der Waals surface area contributed by atoms with Crippen molar-refractivity contribution in [2.45, 2.75) is 53.5 Å². The van der Waals surface area contributed by atoms with Gasteiger partial charge in [-0.25, -0.2) is 4.79 Å². The molecule has 0 fully saturated rings. The van der Waals surface area contributed by atoms with E-state index in [9.17, 15) is 4.79 Å². The number of aliphatic carboxylic acids is 1. The number of allylic oxidation sites excluding steroid dienone is 7. The van der Waals surface area contributed by atoms with E-state index in [1.807, 2.05) is 39.0 Å². The van der Waals surface area contributed by atoms with Gasteiger partial charge in [0.1, 0.15) is 0 Å². The van der Waals surface area contributed by atoms with Gasteiger partial charge in [0.25, 0.3) is 0 Å². The Morgan fingerprint density at radius 1 is 1.09 bits per heavy atom. The van der Waals surface area contributed by atoms with E-state index in [-0.39, 0.29) is 5.54 Å². The van der Waals surface area contributed by atoms with Gasteiger partial charge < -0.3 is 10.8 Å². The van der Waals surface area contributed by atoms with Crippen LogP contribution in [0.4, 0.5) is 0 Å². The van der Waals surface area contributed by atoms with Crippen molar-refractivity contribution in [3.8, 4) is 0 Å². The zero-order valence-electron chi connectivity index (χ0n) is 14.6. The number of rotatable bonds is 7. The van der Waals surface area contributed by atoms with Crippen LogP contribution in [0, 0.1) is 0 Å². The molecule has 3 N–H and O–H groups in total. The Hall–Kier alpha value is -1.87. The summed E-state index contributed by atoms with van der Waals surface area (Å²) in [6, 6.07) is 0. The molecule has 0 aromatic rings. The van der Waals surface area contributed by atoms with Crippen molar-refractivity contribution in [3.63, 3.8) is 0 Å². The molecule has 3 nitrogen and oxygen atoms in total. The highest BCUT2D eigenvalue weighted by molar-refractivity contribution is 5.81. The molecule has 0 radical (unpaired) electrons. The highest BCUT2D eigenvalue weighted by Gasteiger charge is 2.16. The van der Waals surface area contributed by atoms with Crippen molar-refractivity contribution in [2.24, 2.45) is 5.73 Å². The summed E-state index contributed by atoms with van der Waals surface area (Å²) in [5, 5.41) is 8.64. The van der Waals surface area contributed by atoms with E-state index in [0.717, 1.165) is 17.6 Å². The molecular weight excluding hydrogens is 274 g/mol. The Morgan fingerprint density at radius 2 is 1.68 bits per heavy atom. The van der Waals surface area contributed by atoms with Crippen molar-refractivity contribution in [2.75, 3.05) is 0 Å². The van der Waals surface area contributed by atoms with E-state index < -0.39 is 5.97 Å². The standard InChI is InChI=1S/C19H29NO2/c1-7-16(4)17(19(5,6)20)12-11-14(2)9-8-10-15(3)13-18(21)22/h8-13H,7,20H2,1-6H3,(H,21,22)/b10-8+,12-11+,14-9+,15-13+,17-16-. The van der Waals surface area contributed by atoms with Gasteiger partial charge in [-0.2, -0.15) is 0 Å². The summed E-state index contributed by atoms with van der Waals surface area (Å²) in [6.07, 6.45) is 11.8. The van der Waals surface area contributed by atoms with E-state index in [2.05, 4.69) is 19.9 Å². The normalized spacial score (nSPS) is 15.6. The molecule has 0 bridgehead atoms. The highest BCUT2D eigenvalue weighted by Crippen LogP contribution is 2.21. The van der Waals surface area contributed by atoms with Crippen molar-refractivity contribution < 1.29 is 9.90 Å². The van der Waals surface area contributed by atoms with Crippen LogP contribution in [0.2, 0.25) is 0 Å². The molecule has 0 aliphatic heterocycles. The fraction of sp³-hybridized carbons (Fsp3) is 0.421. The van der Waals surface area contributed by atoms with Gasteiger partial charge in [0.05, 0.1) is 0 Å². The monoisotopic (exact) mass is 303 g/mol. The first-order valence-corrected chi connectivity index (χ1v) is 7.51. The molecule has 0 unspecified atom stereocenters. The molecular formula is C19H29NO2. The second-order valence-corrected chi connectivity index (χ2v) is 6.10. The minimum absolute atomic E-state index is 0.368. The maximum atomic E-state index is 10.5. The third-order valence-electron chi connectivity index (χ3n) is 3.27. The zero-order valence-corrected chi connectivity index (χ0v) is 14.6. The molecule has 0 heterocycles. The van der Waals surface area contributed by atoms with Crippen LogP contribution in [-0.4, -0.2) is 16.6 Å². The van der Waals surface area contributed by atoms with Gasteiger partial charge in [-0.1, -0.05) is 48.5 Å². The van der Waals surface area contributed by atoms with E-state index >= 15 is 0 Å². The van der Waals surface area contributed by atoms with Gasteiger partial charge in [0.2, 0.25) is 0 Å². The highest BCUT2D eigenvalue weighted by atomic mass is 16.4. The van der Waals surface area contributed by atoms with Gasteiger partial charge in [-0.05, 0) is 52.2 Å². The molecule has 22 heavy (non-hydrogen) atoms. The molecule has 122 valence electrons. The number of carbonyl (C=O) groups is 1. The molecule has 0 spiro atoms. The summed E-state index contributed by atoms with van der Waals surface area (Å²) in [6.45, 7) is 12.0. The minimum atomic E-state index is -0.933. The van der Waals surface area contributed by atoms with Gasteiger partial charge in [0.15, 0.2) is 0 Å². The van der Waals surface area contributed by atoms with E-state index in [4.69, 9.17) is 10.8 Å². The molecule has 0 aliphatic rings. The van der Waals surface area contributed by atoms with Crippen LogP contribution in [0.25, 0.3) is 0 Å². The Bertz CT molecular complexity index is 538. The topological polar surface area (TPSA) is 63.3 Å². The first kappa shape index (κ1) is 20.1. The number of hydrogen-bond donors (Lipinski definition) is 2. The van der Waals surface area contributed by atoms with Gasteiger partial charge in [0, 0.05) is 11.6 Å². The summed E-state index contributed by atoms with van der Waals surface area (Å²) in [4.78, 5) is 10.5. The van der Waals surface area contributed by atoms with Crippen LogP contribution < -0.4 is 5.73 Å². The van der Waals surface area contributed by atoms with Crippen LogP contribution in [0.5, 0.6) is 0 Å². The number of nitrogens with two attached hydrogens (primary N) is 1. The average molecular weight is 303 g/mol. The second-order valence-electron chi connectivity index (χ2n) is 6.10. The first-order chi connectivity index (χ1) is 10.1. The Morgan fingerprint density at radius 3 is 2.14 bits per heavy atom. The van der Waals surface area contributed by atoms with Gasteiger partial charge in [-0.3, -0.25) is 0 Å². The quantitative estimate of drug-likeness (QED) is 0.536. The SMILES string of the molecule is CC/C(C)=C(/C=C/C(C)=C/C=C/C(C)=C/C(=O)O)C(C)(C)N. The van der Waals surface area contributed by atoms with Crippen molar-refractivity contribution in [1.82, 2.24) is 0 Å². The lowest BCUT2D eigenvalue weighted by Crippen LogP contribution is -2.34. The first-order valence-electron chi connectivity index (χ1n) is 7.51. The molecule has 0 aromatic heterocycles. The maximum Gasteiger partial charge on any atom is 0.328 e. The summed E-state index contributed by atoms with van der Waals surface area (Å²) < 4.78 is 0. The van der Waals surface area contributed by atoms with Crippen molar-refractivity contribution in [3.05, 3.63) is 58.7 Å². The summed E-state index contributed by atoms with van der Waals surface area (Å²) in [5.74, 6) is -0.933. The molecule has 0 aliphatic carbocycles. The average Bonchev–Trinajstić information content (AvgIpc) is 2.35. The molecule has 0 saturated heterocycles. The zero-order chi connectivity index (χ0) is 17.3. The van der Waals surface area contributed by atoms with Crippen LogP contribution in [0.1, 0.15) is 48.0 Å². The van der Waals surface area contributed by atoms with E-state index in [1.165, 1.54) is 11.6 Å². The fourth-order valence-corrected chi connectivity index (χ4v) is 1.96. The summed E-state index contributed by atoms with van der Waals surface area (Å²) in [5.41, 5.74) is 10.1. The van der Waals surface area contributed by atoms with Crippen molar-refractivity contribution >= 4 is 5.97 Å². The maximum absolute atomic E-state index is 10.5.